The molecule has 0 fully saturated rings. The summed E-state index contributed by atoms with van der Waals surface area (Å²) in [5, 5.41) is 0. The van der Waals surface area contributed by atoms with Gasteiger partial charge in [0, 0.05) is 12.6 Å². The van der Waals surface area contributed by atoms with E-state index < -0.39 is 25.4 Å². The van der Waals surface area contributed by atoms with Gasteiger partial charge in [-0.3, -0.25) is 4.90 Å². The van der Waals surface area contributed by atoms with Gasteiger partial charge in [0.1, 0.15) is 0 Å². The fraction of sp³-hybridized carbons (Fsp3) is 1.00. The van der Waals surface area contributed by atoms with Gasteiger partial charge >= 0.3 is 12.4 Å². The molecule has 2 N–H and O–H groups in total. The van der Waals surface area contributed by atoms with Crippen LogP contribution >= 0.6 is 0 Å². The Hall–Kier alpha value is -0.500. The zero-order valence-electron chi connectivity index (χ0n) is 10.1. The van der Waals surface area contributed by atoms with Crippen LogP contribution in [0.2, 0.25) is 0 Å². The molecule has 18 heavy (non-hydrogen) atoms. The van der Waals surface area contributed by atoms with E-state index in [1.807, 2.05) is 6.92 Å². The highest BCUT2D eigenvalue weighted by Crippen LogP contribution is 2.22. The summed E-state index contributed by atoms with van der Waals surface area (Å²) in [6.45, 7) is -1.58. The van der Waals surface area contributed by atoms with Crippen LogP contribution in [0, 0.1) is 0 Å². The first kappa shape index (κ1) is 17.5. The summed E-state index contributed by atoms with van der Waals surface area (Å²) in [4.78, 5) is 0.343. The molecule has 0 aromatic rings. The van der Waals surface area contributed by atoms with Gasteiger partial charge in [0.2, 0.25) is 0 Å². The van der Waals surface area contributed by atoms with E-state index in [-0.39, 0.29) is 19.0 Å². The minimum atomic E-state index is -4.64. The molecule has 0 aliphatic rings. The van der Waals surface area contributed by atoms with Gasteiger partial charge < -0.3 is 5.73 Å². The third-order valence-electron chi connectivity index (χ3n) is 2.28. The Kier molecular flexibility index (Phi) is 6.98. The molecule has 0 amide bonds. The highest BCUT2D eigenvalue weighted by molar-refractivity contribution is 4.70. The van der Waals surface area contributed by atoms with Crippen LogP contribution in [0.3, 0.4) is 0 Å². The summed E-state index contributed by atoms with van der Waals surface area (Å²) < 4.78 is 72.7. The first-order valence-corrected chi connectivity index (χ1v) is 5.65. The lowest BCUT2D eigenvalue weighted by atomic mass is 10.1. The molecule has 2 nitrogen and oxygen atoms in total. The summed E-state index contributed by atoms with van der Waals surface area (Å²) >= 11 is 0. The van der Waals surface area contributed by atoms with Crippen LogP contribution in [-0.4, -0.2) is 42.9 Å². The molecule has 0 bridgehead atoms. The Balaban J connectivity index is 4.30. The number of nitrogens with zero attached hydrogens (tertiary/aromatic N) is 1. The van der Waals surface area contributed by atoms with Crippen molar-refractivity contribution in [2.45, 2.75) is 44.6 Å². The highest BCUT2D eigenvalue weighted by atomic mass is 19.4. The largest absolute Gasteiger partial charge is 0.401 e. The van der Waals surface area contributed by atoms with Crippen molar-refractivity contribution < 1.29 is 26.3 Å². The van der Waals surface area contributed by atoms with Crippen LogP contribution in [0.4, 0.5) is 26.3 Å². The average molecular weight is 280 g/mol. The van der Waals surface area contributed by atoms with Crippen molar-refractivity contribution in [2.75, 3.05) is 19.6 Å². The molecular weight excluding hydrogens is 262 g/mol. The Labute approximate surface area is 102 Å². The maximum atomic E-state index is 12.1. The molecule has 8 heteroatoms. The first-order valence-electron chi connectivity index (χ1n) is 5.65. The minimum Gasteiger partial charge on any atom is -0.328 e. The van der Waals surface area contributed by atoms with Crippen LogP contribution in [0.15, 0.2) is 0 Å². The summed E-state index contributed by atoms with van der Waals surface area (Å²) in [7, 11) is 0. The molecule has 0 radical (unpaired) electrons. The van der Waals surface area contributed by atoms with E-state index in [4.69, 9.17) is 5.73 Å². The lowest BCUT2D eigenvalue weighted by molar-refractivity contribution is -0.180. The molecule has 0 rings (SSSR count). The van der Waals surface area contributed by atoms with Gasteiger partial charge in [-0.05, 0) is 12.8 Å². The summed E-state index contributed by atoms with van der Waals surface area (Å²) in [6.07, 6.45) is -7.81. The maximum Gasteiger partial charge on any atom is 0.401 e. The minimum absolute atomic E-state index is 0.125. The van der Waals surface area contributed by atoms with Gasteiger partial charge in [0.15, 0.2) is 0 Å². The molecule has 1 unspecified atom stereocenters. The number of hydrogen-bond donors (Lipinski definition) is 1. The van der Waals surface area contributed by atoms with Gasteiger partial charge in [-0.1, -0.05) is 13.3 Å². The monoisotopic (exact) mass is 280 g/mol. The topological polar surface area (TPSA) is 29.3 Å². The molecular formula is C10H18F6N2. The van der Waals surface area contributed by atoms with Crippen molar-refractivity contribution in [3.8, 4) is 0 Å². The first-order chi connectivity index (χ1) is 8.03. The smallest absolute Gasteiger partial charge is 0.328 e. The van der Waals surface area contributed by atoms with Gasteiger partial charge in [-0.15, -0.1) is 0 Å². The summed E-state index contributed by atoms with van der Waals surface area (Å²) in [5.41, 5.74) is 5.57. The second kappa shape index (κ2) is 7.18. The highest BCUT2D eigenvalue weighted by Gasteiger charge is 2.37. The van der Waals surface area contributed by atoms with Crippen molar-refractivity contribution in [3.05, 3.63) is 0 Å². The van der Waals surface area contributed by atoms with E-state index in [9.17, 15) is 26.3 Å². The lowest BCUT2D eigenvalue weighted by Gasteiger charge is -2.25. The molecule has 0 aromatic carbocycles. The SMILES string of the molecule is CCCC(N)CCN(CC(F)(F)F)CC(F)(F)F. The third-order valence-corrected chi connectivity index (χ3v) is 2.28. The number of halogens is 6. The van der Waals surface area contributed by atoms with E-state index >= 15 is 0 Å². The van der Waals surface area contributed by atoms with E-state index in [1.54, 1.807) is 0 Å². The van der Waals surface area contributed by atoms with Crippen molar-refractivity contribution in [1.82, 2.24) is 4.90 Å². The van der Waals surface area contributed by atoms with Gasteiger partial charge in [-0.25, -0.2) is 0 Å². The predicted octanol–water partition coefficient (Wildman–Crippen LogP) is 2.93. The van der Waals surface area contributed by atoms with Gasteiger partial charge in [0.25, 0.3) is 0 Å². The Bertz CT molecular complexity index is 209. The molecule has 1 atom stereocenters. The summed E-state index contributed by atoms with van der Waals surface area (Å²) in [6, 6.07) is -0.362. The van der Waals surface area contributed by atoms with Crippen molar-refractivity contribution in [3.63, 3.8) is 0 Å². The number of rotatable bonds is 7. The van der Waals surface area contributed by atoms with E-state index in [2.05, 4.69) is 0 Å². The lowest BCUT2D eigenvalue weighted by Crippen LogP contribution is -2.42. The molecule has 0 aromatic heterocycles. The van der Waals surface area contributed by atoms with Crippen LogP contribution < -0.4 is 5.73 Å². The predicted molar refractivity (Wildman–Crippen MR) is 56.1 cm³/mol. The number of nitrogens with two attached hydrogens (primary N) is 1. The Morgan fingerprint density at radius 2 is 1.39 bits per heavy atom. The molecule has 110 valence electrons. The number of hydrogen-bond acceptors (Lipinski definition) is 2. The molecule has 0 saturated heterocycles. The fourth-order valence-corrected chi connectivity index (χ4v) is 1.58. The molecule has 0 aliphatic heterocycles. The number of alkyl halides is 6. The van der Waals surface area contributed by atoms with Crippen LogP contribution in [0.1, 0.15) is 26.2 Å². The standard InChI is InChI=1S/C10H18F6N2/c1-2-3-8(17)4-5-18(6-9(11,12)13)7-10(14,15)16/h8H,2-7,17H2,1H3. The van der Waals surface area contributed by atoms with E-state index in [0.717, 1.165) is 6.42 Å². The maximum absolute atomic E-state index is 12.1. The second-order valence-corrected chi connectivity index (χ2v) is 4.28. The quantitative estimate of drug-likeness (QED) is 0.726. The van der Waals surface area contributed by atoms with Crippen molar-refractivity contribution >= 4 is 0 Å². The van der Waals surface area contributed by atoms with Gasteiger partial charge in [-0.2, -0.15) is 26.3 Å². The van der Waals surface area contributed by atoms with Crippen molar-refractivity contribution in [1.29, 1.82) is 0 Å². The Morgan fingerprint density at radius 3 is 1.72 bits per heavy atom. The second-order valence-electron chi connectivity index (χ2n) is 4.28. The molecule has 0 heterocycles. The molecule has 0 aliphatic carbocycles. The Morgan fingerprint density at radius 1 is 0.944 bits per heavy atom. The third kappa shape index (κ3) is 10.6. The average Bonchev–Trinajstić information content (AvgIpc) is 2.09. The van der Waals surface area contributed by atoms with Crippen LogP contribution in [0.25, 0.3) is 0 Å². The zero-order chi connectivity index (χ0) is 14.4. The summed E-state index contributed by atoms with van der Waals surface area (Å²) in [5.74, 6) is 0. The van der Waals surface area contributed by atoms with E-state index in [1.165, 1.54) is 0 Å². The zero-order valence-corrected chi connectivity index (χ0v) is 10.1. The van der Waals surface area contributed by atoms with Crippen molar-refractivity contribution in [2.24, 2.45) is 5.73 Å². The van der Waals surface area contributed by atoms with Crippen LogP contribution in [-0.2, 0) is 0 Å². The molecule has 0 saturated carbocycles. The fourth-order valence-electron chi connectivity index (χ4n) is 1.58. The molecule has 0 spiro atoms. The van der Waals surface area contributed by atoms with E-state index in [0.29, 0.717) is 11.3 Å². The van der Waals surface area contributed by atoms with Gasteiger partial charge in [0.05, 0.1) is 13.1 Å². The normalized spacial score (nSPS) is 15.2. The van der Waals surface area contributed by atoms with Crippen LogP contribution in [0.5, 0.6) is 0 Å².